The summed E-state index contributed by atoms with van der Waals surface area (Å²) in [7, 11) is 0. The zero-order valence-electron chi connectivity index (χ0n) is 8.45. The molecule has 0 spiro atoms. The Balaban J connectivity index is 2.75. The Morgan fingerprint density at radius 3 is 2.64 bits per heavy atom. The second-order valence-corrected chi connectivity index (χ2v) is 4.68. The van der Waals surface area contributed by atoms with Gasteiger partial charge in [-0.05, 0) is 6.07 Å². The smallest absolute Gasteiger partial charge is 0.174 e. The molecule has 0 bridgehead atoms. The normalized spacial score (nSPS) is 12.3. The van der Waals surface area contributed by atoms with Crippen molar-refractivity contribution >= 4 is 17.2 Å². The summed E-state index contributed by atoms with van der Waals surface area (Å²) in [5.41, 5.74) is 1.56. The van der Waals surface area contributed by atoms with Crippen LogP contribution < -0.4 is 0 Å². The van der Waals surface area contributed by atoms with Crippen molar-refractivity contribution in [3.63, 3.8) is 0 Å². The highest BCUT2D eigenvalue weighted by Crippen LogP contribution is 2.30. The van der Waals surface area contributed by atoms with E-state index in [2.05, 4.69) is 30.9 Å². The van der Waals surface area contributed by atoms with Gasteiger partial charge in [-0.3, -0.25) is 0 Å². The zero-order chi connectivity index (χ0) is 10.3. The fourth-order valence-electron chi connectivity index (χ4n) is 1.34. The van der Waals surface area contributed by atoms with Crippen LogP contribution in [0.3, 0.4) is 0 Å². The number of fused-ring (bicyclic) bond motifs is 1. The third-order valence-electron chi connectivity index (χ3n) is 2.05. The molecular weight excluding hydrogens is 198 g/mol. The predicted molar refractivity (Wildman–Crippen MR) is 56.7 cm³/mol. The lowest BCUT2D eigenvalue weighted by Crippen LogP contribution is -2.12. The zero-order valence-corrected chi connectivity index (χ0v) is 9.21. The summed E-state index contributed by atoms with van der Waals surface area (Å²) in [6, 6.07) is 1.84. The lowest BCUT2D eigenvalue weighted by atomic mass is 9.92. The van der Waals surface area contributed by atoms with E-state index in [9.17, 15) is 0 Å². The summed E-state index contributed by atoms with van der Waals surface area (Å²) >= 11 is 6.20. The molecule has 14 heavy (non-hydrogen) atoms. The summed E-state index contributed by atoms with van der Waals surface area (Å²) in [6.45, 7) is 6.25. The number of nitrogens with zero attached hydrogens (tertiary/aromatic N) is 3. The van der Waals surface area contributed by atoms with Gasteiger partial charge in [-0.1, -0.05) is 32.4 Å². The Morgan fingerprint density at radius 2 is 2.07 bits per heavy atom. The van der Waals surface area contributed by atoms with Crippen molar-refractivity contribution in [1.29, 1.82) is 0 Å². The Bertz CT molecular complexity index is 468. The summed E-state index contributed by atoms with van der Waals surface area (Å²) in [5, 5.41) is 5.06. The molecule has 0 saturated heterocycles. The third kappa shape index (κ3) is 1.38. The van der Waals surface area contributed by atoms with Crippen molar-refractivity contribution in [1.82, 2.24) is 14.6 Å². The lowest BCUT2D eigenvalue weighted by molar-refractivity contribution is 0.563. The van der Waals surface area contributed by atoms with Gasteiger partial charge in [0.2, 0.25) is 0 Å². The van der Waals surface area contributed by atoms with Crippen molar-refractivity contribution in [3.8, 4) is 0 Å². The number of halogens is 1. The van der Waals surface area contributed by atoms with Crippen LogP contribution in [0, 0.1) is 0 Å². The molecule has 2 aromatic heterocycles. The minimum atomic E-state index is -0.0508. The number of hydrogen-bond acceptors (Lipinski definition) is 2. The monoisotopic (exact) mass is 209 g/mol. The van der Waals surface area contributed by atoms with Crippen LogP contribution in [0.15, 0.2) is 18.5 Å². The quantitative estimate of drug-likeness (QED) is 0.668. The molecule has 0 atom stereocenters. The fraction of sp³-hybridized carbons (Fsp3) is 0.400. The van der Waals surface area contributed by atoms with Gasteiger partial charge < -0.3 is 0 Å². The van der Waals surface area contributed by atoms with Crippen molar-refractivity contribution in [2.24, 2.45) is 0 Å². The summed E-state index contributed by atoms with van der Waals surface area (Å²) in [5.74, 6) is 0. The molecule has 0 aliphatic carbocycles. The second kappa shape index (κ2) is 2.95. The van der Waals surface area contributed by atoms with Crippen LogP contribution in [-0.2, 0) is 5.41 Å². The van der Waals surface area contributed by atoms with Gasteiger partial charge in [-0.2, -0.15) is 5.10 Å². The second-order valence-electron chi connectivity index (χ2n) is 4.30. The van der Waals surface area contributed by atoms with E-state index < -0.39 is 0 Å². The first-order valence-corrected chi connectivity index (χ1v) is 4.87. The number of aromatic nitrogens is 3. The Labute approximate surface area is 87.7 Å². The highest BCUT2D eigenvalue weighted by Gasteiger charge is 2.23. The van der Waals surface area contributed by atoms with Gasteiger partial charge in [0.15, 0.2) is 5.65 Å². The minimum Gasteiger partial charge on any atom is -0.236 e. The molecule has 2 aromatic rings. The lowest BCUT2D eigenvalue weighted by Gasteiger charge is -2.14. The van der Waals surface area contributed by atoms with E-state index in [1.807, 2.05) is 12.3 Å². The first kappa shape index (κ1) is 9.46. The van der Waals surface area contributed by atoms with E-state index in [0.29, 0.717) is 5.02 Å². The third-order valence-corrected chi connectivity index (χ3v) is 2.40. The van der Waals surface area contributed by atoms with Crippen LogP contribution in [0.1, 0.15) is 26.5 Å². The van der Waals surface area contributed by atoms with Crippen LogP contribution >= 0.6 is 11.6 Å². The molecule has 0 radical (unpaired) electrons. The molecule has 2 heterocycles. The van der Waals surface area contributed by atoms with Crippen molar-refractivity contribution in [2.75, 3.05) is 0 Å². The molecule has 74 valence electrons. The topological polar surface area (TPSA) is 30.2 Å². The molecule has 0 fully saturated rings. The van der Waals surface area contributed by atoms with Crippen molar-refractivity contribution in [3.05, 3.63) is 29.2 Å². The number of rotatable bonds is 0. The molecule has 3 nitrogen and oxygen atoms in total. The largest absolute Gasteiger partial charge is 0.236 e. The van der Waals surface area contributed by atoms with Crippen molar-refractivity contribution < 1.29 is 0 Å². The molecule has 0 saturated carbocycles. The van der Waals surface area contributed by atoms with E-state index >= 15 is 0 Å². The molecule has 0 unspecified atom stereocenters. The molecule has 0 aromatic carbocycles. The SMILES string of the molecule is CC(C)(C)c1nn2cccnc2c1Cl. The van der Waals surface area contributed by atoms with E-state index in [1.165, 1.54) is 0 Å². The highest BCUT2D eigenvalue weighted by molar-refractivity contribution is 6.34. The van der Waals surface area contributed by atoms with Gasteiger partial charge in [0.25, 0.3) is 0 Å². The molecule has 0 aliphatic heterocycles. The molecular formula is C10H12ClN3. The van der Waals surface area contributed by atoms with Gasteiger partial charge in [0, 0.05) is 17.8 Å². The molecule has 4 heteroatoms. The number of hydrogen-bond donors (Lipinski definition) is 0. The standard InChI is InChI=1S/C10H12ClN3/c1-10(2,3)8-7(11)9-12-5-4-6-14(9)13-8/h4-6H,1-3H3. The molecule has 0 aliphatic rings. The average Bonchev–Trinajstić information content (AvgIpc) is 2.44. The predicted octanol–water partition coefficient (Wildman–Crippen LogP) is 2.68. The maximum absolute atomic E-state index is 6.20. The first-order valence-electron chi connectivity index (χ1n) is 4.49. The van der Waals surface area contributed by atoms with Crippen molar-refractivity contribution in [2.45, 2.75) is 26.2 Å². The summed E-state index contributed by atoms with van der Waals surface area (Å²) in [4.78, 5) is 4.18. The van der Waals surface area contributed by atoms with E-state index in [-0.39, 0.29) is 5.41 Å². The molecule has 0 N–H and O–H groups in total. The van der Waals surface area contributed by atoms with Gasteiger partial charge >= 0.3 is 0 Å². The highest BCUT2D eigenvalue weighted by atomic mass is 35.5. The van der Waals surface area contributed by atoms with Gasteiger partial charge in [0.05, 0.1) is 5.69 Å². The fourth-order valence-corrected chi connectivity index (χ4v) is 1.79. The Morgan fingerprint density at radius 1 is 1.36 bits per heavy atom. The van der Waals surface area contributed by atoms with Crippen LogP contribution in [0.5, 0.6) is 0 Å². The van der Waals surface area contributed by atoms with Crippen LogP contribution in [-0.4, -0.2) is 14.6 Å². The van der Waals surface area contributed by atoms with Gasteiger partial charge in [0.1, 0.15) is 5.02 Å². The maximum Gasteiger partial charge on any atom is 0.174 e. The summed E-state index contributed by atoms with van der Waals surface area (Å²) < 4.78 is 1.71. The van der Waals surface area contributed by atoms with E-state index in [0.717, 1.165) is 11.3 Å². The Kier molecular flexibility index (Phi) is 2.00. The van der Waals surface area contributed by atoms with Gasteiger partial charge in [-0.15, -0.1) is 0 Å². The summed E-state index contributed by atoms with van der Waals surface area (Å²) in [6.07, 6.45) is 3.57. The van der Waals surface area contributed by atoms with Gasteiger partial charge in [-0.25, -0.2) is 9.50 Å². The average molecular weight is 210 g/mol. The maximum atomic E-state index is 6.20. The minimum absolute atomic E-state index is 0.0508. The molecule has 0 amide bonds. The van der Waals surface area contributed by atoms with Crippen LogP contribution in [0.2, 0.25) is 5.02 Å². The Hall–Kier alpha value is -1.09. The first-order chi connectivity index (χ1) is 6.50. The molecule has 2 rings (SSSR count). The van der Waals surface area contributed by atoms with Crippen LogP contribution in [0.4, 0.5) is 0 Å². The van der Waals surface area contributed by atoms with Crippen LogP contribution in [0.25, 0.3) is 5.65 Å². The van der Waals surface area contributed by atoms with E-state index in [1.54, 1.807) is 10.7 Å². The van der Waals surface area contributed by atoms with E-state index in [4.69, 9.17) is 11.6 Å².